The molecule has 0 amide bonds. The van der Waals surface area contributed by atoms with Crippen LogP contribution in [0.25, 0.3) is 28.7 Å². The van der Waals surface area contributed by atoms with Gasteiger partial charge in [-0.2, -0.15) is 9.67 Å². The monoisotopic (exact) mass is 376 g/mol. The molecule has 4 aromatic rings. The number of rotatable bonds is 4. The molecule has 2 aromatic carbocycles. The second-order valence-electron chi connectivity index (χ2n) is 6.25. The number of ether oxygens (including phenoxy) is 2. The third kappa shape index (κ3) is 2.64. The molecule has 0 bridgehead atoms. The summed E-state index contributed by atoms with van der Waals surface area (Å²) >= 11 is 0. The van der Waals surface area contributed by atoms with Crippen LogP contribution in [0.2, 0.25) is 0 Å². The van der Waals surface area contributed by atoms with Gasteiger partial charge in [-0.1, -0.05) is 29.4 Å². The number of aryl methyl sites for hydroxylation is 1. The number of aromatic nitrogens is 5. The van der Waals surface area contributed by atoms with E-state index in [2.05, 4.69) is 27.4 Å². The van der Waals surface area contributed by atoms with E-state index in [0.29, 0.717) is 28.8 Å². The first-order chi connectivity index (χ1) is 13.7. The van der Waals surface area contributed by atoms with Gasteiger partial charge in [0.2, 0.25) is 12.6 Å². The quantitative estimate of drug-likeness (QED) is 0.578. The normalized spacial score (nSPS) is 12.5. The Labute approximate surface area is 159 Å². The van der Waals surface area contributed by atoms with Crippen LogP contribution in [-0.2, 0) is 6.42 Å². The zero-order chi connectivity index (χ0) is 19.1. The lowest BCUT2D eigenvalue weighted by molar-refractivity contribution is 0.174. The van der Waals surface area contributed by atoms with Gasteiger partial charge < -0.3 is 19.7 Å². The molecule has 0 saturated carbocycles. The van der Waals surface area contributed by atoms with Gasteiger partial charge in [0.05, 0.1) is 5.69 Å². The molecule has 0 aliphatic carbocycles. The van der Waals surface area contributed by atoms with Gasteiger partial charge in [-0.05, 0) is 42.3 Å². The lowest BCUT2D eigenvalue weighted by Gasteiger charge is -2.03. The fourth-order valence-corrected chi connectivity index (χ4v) is 2.98. The summed E-state index contributed by atoms with van der Waals surface area (Å²) < 4.78 is 17.6. The van der Waals surface area contributed by atoms with Gasteiger partial charge in [-0.25, -0.2) is 0 Å². The van der Waals surface area contributed by atoms with E-state index in [4.69, 9.17) is 19.7 Å². The van der Waals surface area contributed by atoms with Crippen molar-refractivity contribution in [3.8, 4) is 40.2 Å². The molecule has 9 nitrogen and oxygen atoms in total. The molecule has 9 heteroatoms. The zero-order valence-corrected chi connectivity index (χ0v) is 15.0. The van der Waals surface area contributed by atoms with Gasteiger partial charge in [-0.3, -0.25) is 0 Å². The average Bonchev–Trinajstić information content (AvgIpc) is 3.46. The van der Waals surface area contributed by atoms with Gasteiger partial charge >= 0.3 is 0 Å². The van der Waals surface area contributed by atoms with E-state index in [1.807, 2.05) is 30.3 Å². The third-order valence-electron chi connectivity index (χ3n) is 4.55. The number of benzene rings is 2. The molecule has 28 heavy (non-hydrogen) atoms. The van der Waals surface area contributed by atoms with Crippen molar-refractivity contribution in [2.75, 3.05) is 12.5 Å². The van der Waals surface area contributed by atoms with Crippen LogP contribution in [0.3, 0.4) is 0 Å². The van der Waals surface area contributed by atoms with E-state index in [0.717, 1.165) is 17.7 Å². The predicted octanol–water partition coefficient (Wildman–Crippen LogP) is 2.86. The Hall–Kier alpha value is -3.88. The van der Waals surface area contributed by atoms with Crippen LogP contribution in [0.4, 0.5) is 5.82 Å². The van der Waals surface area contributed by atoms with E-state index in [-0.39, 0.29) is 12.7 Å². The number of nitrogens with zero attached hydrogens (tertiary/aromatic N) is 5. The molecule has 5 rings (SSSR count). The topological polar surface area (TPSA) is 114 Å². The number of anilines is 1. The van der Waals surface area contributed by atoms with Crippen molar-refractivity contribution in [2.45, 2.75) is 13.3 Å². The summed E-state index contributed by atoms with van der Waals surface area (Å²) in [5.41, 5.74) is 9.34. The van der Waals surface area contributed by atoms with Crippen LogP contribution in [0.1, 0.15) is 12.5 Å². The van der Waals surface area contributed by atoms with Gasteiger partial charge in [0, 0.05) is 5.56 Å². The van der Waals surface area contributed by atoms with Gasteiger partial charge in [0.15, 0.2) is 23.0 Å². The van der Waals surface area contributed by atoms with E-state index in [1.54, 1.807) is 16.8 Å². The molecular weight excluding hydrogens is 360 g/mol. The highest BCUT2D eigenvalue weighted by molar-refractivity contribution is 5.67. The number of nitrogen functional groups attached to an aromatic ring is 1. The Balaban J connectivity index is 1.47. The molecule has 140 valence electrons. The SMILES string of the molecule is CCc1ccc(-n2nnc(-c3nc(-c4ccc5c(c4)OCO5)no3)c2N)cc1. The van der Waals surface area contributed by atoms with Gasteiger partial charge in [0.1, 0.15) is 0 Å². The summed E-state index contributed by atoms with van der Waals surface area (Å²) in [6.07, 6.45) is 0.961. The third-order valence-corrected chi connectivity index (χ3v) is 4.55. The Morgan fingerprint density at radius 3 is 2.71 bits per heavy atom. The largest absolute Gasteiger partial charge is 0.454 e. The maximum atomic E-state index is 6.23. The number of hydrogen-bond acceptors (Lipinski definition) is 8. The minimum Gasteiger partial charge on any atom is -0.454 e. The van der Waals surface area contributed by atoms with Crippen molar-refractivity contribution < 1.29 is 14.0 Å². The van der Waals surface area contributed by atoms with E-state index >= 15 is 0 Å². The summed E-state index contributed by atoms with van der Waals surface area (Å²) in [5, 5.41) is 12.3. The van der Waals surface area contributed by atoms with Gasteiger partial charge in [-0.15, -0.1) is 5.10 Å². The molecule has 1 aliphatic rings. The molecule has 0 spiro atoms. The average molecular weight is 376 g/mol. The van der Waals surface area contributed by atoms with Crippen LogP contribution >= 0.6 is 0 Å². The van der Waals surface area contributed by atoms with Crippen molar-refractivity contribution >= 4 is 5.82 Å². The Kier molecular flexibility index (Phi) is 3.71. The van der Waals surface area contributed by atoms with Crippen LogP contribution in [0, 0.1) is 0 Å². The maximum absolute atomic E-state index is 6.23. The standard InChI is InChI=1S/C19H16N6O3/c1-2-11-3-6-13(7-4-11)25-17(20)16(22-24-25)19-21-18(23-28-19)12-5-8-14-15(9-12)27-10-26-14/h3-9H,2,10,20H2,1H3. The van der Waals surface area contributed by atoms with Crippen molar-refractivity contribution in [1.82, 2.24) is 25.1 Å². The number of nitrogens with two attached hydrogens (primary N) is 1. The Morgan fingerprint density at radius 1 is 1.07 bits per heavy atom. The summed E-state index contributed by atoms with van der Waals surface area (Å²) in [4.78, 5) is 4.40. The predicted molar refractivity (Wildman–Crippen MR) is 100 cm³/mol. The Morgan fingerprint density at radius 2 is 1.89 bits per heavy atom. The summed E-state index contributed by atoms with van der Waals surface area (Å²) in [7, 11) is 0. The number of hydrogen-bond donors (Lipinski definition) is 1. The van der Waals surface area contributed by atoms with E-state index in [9.17, 15) is 0 Å². The molecule has 0 unspecified atom stereocenters. The highest BCUT2D eigenvalue weighted by atomic mass is 16.7. The molecule has 0 atom stereocenters. The smallest absolute Gasteiger partial charge is 0.282 e. The van der Waals surface area contributed by atoms with Crippen molar-refractivity contribution in [3.05, 3.63) is 48.0 Å². The first-order valence-electron chi connectivity index (χ1n) is 8.77. The molecule has 0 saturated heterocycles. The lowest BCUT2D eigenvalue weighted by Crippen LogP contribution is -2.02. The second kappa shape index (κ2) is 6.38. The van der Waals surface area contributed by atoms with Crippen molar-refractivity contribution in [2.24, 2.45) is 0 Å². The van der Waals surface area contributed by atoms with E-state index < -0.39 is 0 Å². The van der Waals surface area contributed by atoms with E-state index in [1.165, 1.54) is 5.56 Å². The zero-order valence-electron chi connectivity index (χ0n) is 15.0. The summed E-state index contributed by atoms with van der Waals surface area (Å²) in [6.45, 7) is 2.30. The highest BCUT2D eigenvalue weighted by Gasteiger charge is 2.21. The summed E-state index contributed by atoms with van der Waals surface area (Å²) in [6, 6.07) is 13.4. The minimum absolute atomic E-state index is 0.196. The molecule has 0 fully saturated rings. The summed E-state index contributed by atoms with van der Waals surface area (Å²) in [5.74, 6) is 2.25. The Bertz CT molecular complexity index is 1150. The molecule has 2 aromatic heterocycles. The van der Waals surface area contributed by atoms with Crippen LogP contribution in [-0.4, -0.2) is 31.9 Å². The lowest BCUT2D eigenvalue weighted by atomic mass is 10.1. The maximum Gasteiger partial charge on any atom is 0.282 e. The van der Waals surface area contributed by atoms with Crippen molar-refractivity contribution in [3.63, 3.8) is 0 Å². The fourth-order valence-electron chi connectivity index (χ4n) is 2.98. The van der Waals surface area contributed by atoms with Crippen LogP contribution < -0.4 is 15.2 Å². The fraction of sp³-hybridized carbons (Fsp3) is 0.158. The molecule has 2 N–H and O–H groups in total. The van der Waals surface area contributed by atoms with Gasteiger partial charge in [0.25, 0.3) is 5.89 Å². The molecule has 1 aliphatic heterocycles. The first-order valence-corrected chi connectivity index (χ1v) is 8.77. The minimum atomic E-state index is 0.196. The van der Waals surface area contributed by atoms with Crippen molar-refractivity contribution in [1.29, 1.82) is 0 Å². The first kappa shape index (κ1) is 16.3. The second-order valence-corrected chi connectivity index (χ2v) is 6.25. The number of fused-ring (bicyclic) bond motifs is 1. The van der Waals surface area contributed by atoms with Crippen LogP contribution in [0.5, 0.6) is 11.5 Å². The molecular formula is C19H16N6O3. The molecule has 3 heterocycles. The highest BCUT2D eigenvalue weighted by Crippen LogP contribution is 2.35. The molecule has 0 radical (unpaired) electrons. The van der Waals surface area contributed by atoms with Crippen LogP contribution in [0.15, 0.2) is 47.0 Å².